The lowest BCUT2D eigenvalue weighted by Gasteiger charge is -2.21. The number of nitrogens with zero attached hydrogens (tertiary/aromatic N) is 2. The molecule has 1 fully saturated rings. The highest BCUT2D eigenvalue weighted by Gasteiger charge is 2.44. The van der Waals surface area contributed by atoms with Crippen LogP contribution in [0.5, 0.6) is 0 Å². The van der Waals surface area contributed by atoms with E-state index in [1.54, 1.807) is 0 Å². The molecule has 4 rings (SSSR count). The van der Waals surface area contributed by atoms with E-state index in [9.17, 15) is 4.79 Å². The molecule has 2 aromatic rings. The molecule has 116 valence electrons. The number of hydrogen-bond donors (Lipinski definition) is 1. The van der Waals surface area contributed by atoms with Gasteiger partial charge in [0.15, 0.2) is 0 Å². The van der Waals surface area contributed by atoms with Gasteiger partial charge in [-0.25, -0.2) is 4.98 Å². The van der Waals surface area contributed by atoms with Crippen LogP contribution in [0.15, 0.2) is 16.9 Å². The van der Waals surface area contributed by atoms with Gasteiger partial charge in [-0.2, -0.15) is 0 Å². The number of hydrogen-bond acceptors (Lipinski definition) is 4. The first-order valence-electron chi connectivity index (χ1n) is 7.91. The summed E-state index contributed by atoms with van der Waals surface area (Å²) < 4.78 is 7.46. The lowest BCUT2D eigenvalue weighted by Crippen LogP contribution is -2.29. The average molecular weight is 299 g/mol. The molecule has 5 heteroatoms. The molecule has 22 heavy (non-hydrogen) atoms. The molecule has 1 aromatic heterocycles. The Labute approximate surface area is 129 Å². The summed E-state index contributed by atoms with van der Waals surface area (Å²) in [4.78, 5) is 17.8. The van der Waals surface area contributed by atoms with E-state index in [4.69, 9.17) is 15.5 Å². The normalized spacial score (nSPS) is 25.0. The van der Waals surface area contributed by atoms with Gasteiger partial charge >= 0.3 is 0 Å². The summed E-state index contributed by atoms with van der Waals surface area (Å²) in [5, 5.41) is 0.687. The molecule has 0 aliphatic carbocycles. The second kappa shape index (κ2) is 4.64. The Morgan fingerprint density at radius 1 is 1.41 bits per heavy atom. The SMILES string of the molecule is Cc1cc([C@@H](C)N)c2nc3n(c(=O)c2c1)CC[C@@]31CCOC1. The largest absolute Gasteiger partial charge is 0.380 e. The Kier molecular flexibility index (Phi) is 2.93. The van der Waals surface area contributed by atoms with Crippen molar-refractivity contribution in [3.8, 4) is 0 Å². The molecule has 3 heterocycles. The second-order valence-electron chi connectivity index (χ2n) is 6.76. The van der Waals surface area contributed by atoms with E-state index in [-0.39, 0.29) is 17.0 Å². The van der Waals surface area contributed by atoms with E-state index in [1.165, 1.54) is 0 Å². The topological polar surface area (TPSA) is 70.1 Å². The number of aromatic nitrogens is 2. The van der Waals surface area contributed by atoms with Crippen LogP contribution in [0.1, 0.15) is 42.8 Å². The molecule has 2 aliphatic heterocycles. The Morgan fingerprint density at radius 2 is 2.23 bits per heavy atom. The fourth-order valence-corrected chi connectivity index (χ4v) is 3.88. The van der Waals surface area contributed by atoms with Gasteiger partial charge in [-0.05, 0) is 43.9 Å². The molecule has 1 spiro atoms. The van der Waals surface area contributed by atoms with Crippen LogP contribution in [0.2, 0.25) is 0 Å². The average Bonchev–Trinajstić information content (AvgIpc) is 3.09. The van der Waals surface area contributed by atoms with Crippen LogP contribution in [-0.2, 0) is 16.7 Å². The van der Waals surface area contributed by atoms with E-state index in [0.29, 0.717) is 12.0 Å². The first-order valence-corrected chi connectivity index (χ1v) is 7.91. The maximum Gasteiger partial charge on any atom is 0.261 e. The minimum absolute atomic E-state index is 0.0642. The van der Waals surface area contributed by atoms with Crippen molar-refractivity contribution in [3.05, 3.63) is 39.4 Å². The molecule has 0 unspecified atom stereocenters. The maximum atomic E-state index is 12.9. The summed E-state index contributed by atoms with van der Waals surface area (Å²) in [6.45, 7) is 6.10. The van der Waals surface area contributed by atoms with Crippen LogP contribution in [0, 0.1) is 6.92 Å². The maximum absolute atomic E-state index is 12.9. The van der Waals surface area contributed by atoms with E-state index in [0.717, 1.165) is 48.5 Å². The molecule has 2 aliphatic rings. The number of fused-ring (bicyclic) bond motifs is 3. The van der Waals surface area contributed by atoms with Crippen LogP contribution in [-0.4, -0.2) is 22.8 Å². The second-order valence-corrected chi connectivity index (χ2v) is 6.76. The van der Waals surface area contributed by atoms with Crippen LogP contribution < -0.4 is 11.3 Å². The zero-order valence-corrected chi connectivity index (χ0v) is 13.1. The third-order valence-electron chi connectivity index (χ3n) is 5.11. The molecule has 2 atom stereocenters. The van der Waals surface area contributed by atoms with Crippen molar-refractivity contribution in [2.45, 2.75) is 44.7 Å². The predicted molar refractivity (Wildman–Crippen MR) is 85.1 cm³/mol. The Balaban J connectivity index is 2.07. The van der Waals surface area contributed by atoms with Gasteiger partial charge in [0.2, 0.25) is 0 Å². The number of aryl methyl sites for hydroxylation is 1. The summed E-state index contributed by atoms with van der Waals surface area (Å²) in [5.41, 5.74) is 8.88. The van der Waals surface area contributed by atoms with E-state index >= 15 is 0 Å². The lowest BCUT2D eigenvalue weighted by atomic mass is 9.85. The zero-order valence-electron chi connectivity index (χ0n) is 13.1. The molecular weight excluding hydrogens is 278 g/mol. The summed E-state index contributed by atoms with van der Waals surface area (Å²) in [7, 11) is 0. The third-order valence-corrected chi connectivity index (χ3v) is 5.11. The molecule has 0 radical (unpaired) electrons. The van der Waals surface area contributed by atoms with Crippen LogP contribution >= 0.6 is 0 Å². The summed E-state index contributed by atoms with van der Waals surface area (Å²) >= 11 is 0. The van der Waals surface area contributed by atoms with Crippen molar-refractivity contribution in [1.82, 2.24) is 9.55 Å². The van der Waals surface area contributed by atoms with Gasteiger partial charge < -0.3 is 10.5 Å². The van der Waals surface area contributed by atoms with Crippen molar-refractivity contribution in [2.75, 3.05) is 13.2 Å². The van der Waals surface area contributed by atoms with Gasteiger partial charge in [0.05, 0.1) is 22.9 Å². The fraction of sp³-hybridized carbons (Fsp3) is 0.529. The smallest absolute Gasteiger partial charge is 0.261 e. The van der Waals surface area contributed by atoms with Gasteiger partial charge in [0.1, 0.15) is 5.82 Å². The quantitative estimate of drug-likeness (QED) is 0.871. The summed E-state index contributed by atoms with van der Waals surface area (Å²) in [6, 6.07) is 3.83. The molecule has 2 N–H and O–H groups in total. The third kappa shape index (κ3) is 1.79. The van der Waals surface area contributed by atoms with Crippen LogP contribution in [0.25, 0.3) is 10.9 Å². The Hall–Kier alpha value is -1.72. The van der Waals surface area contributed by atoms with Gasteiger partial charge in [-0.1, -0.05) is 6.07 Å². The highest BCUT2D eigenvalue weighted by molar-refractivity contribution is 5.82. The van der Waals surface area contributed by atoms with Gasteiger partial charge in [0.25, 0.3) is 5.56 Å². The van der Waals surface area contributed by atoms with E-state index in [2.05, 4.69) is 0 Å². The minimum Gasteiger partial charge on any atom is -0.380 e. The predicted octanol–water partition coefficient (Wildman–Crippen LogP) is 1.79. The molecule has 1 aromatic carbocycles. The van der Waals surface area contributed by atoms with Crippen molar-refractivity contribution in [3.63, 3.8) is 0 Å². The van der Waals surface area contributed by atoms with Crippen molar-refractivity contribution in [1.29, 1.82) is 0 Å². The van der Waals surface area contributed by atoms with E-state index < -0.39 is 0 Å². The number of nitrogens with two attached hydrogens (primary N) is 1. The molecule has 0 bridgehead atoms. The van der Waals surface area contributed by atoms with Crippen LogP contribution in [0.4, 0.5) is 0 Å². The highest BCUT2D eigenvalue weighted by Crippen LogP contribution is 2.40. The Bertz CT molecular complexity index is 817. The number of benzene rings is 1. The number of rotatable bonds is 1. The standard InChI is InChI=1S/C17H21N3O2/c1-10-7-12(11(2)18)14-13(8-10)15(21)20-5-3-17(16(20)19-14)4-6-22-9-17/h7-8,11H,3-6,9,18H2,1-2H3/t11-,17+/m1/s1. The molecule has 5 nitrogen and oxygen atoms in total. The number of ether oxygens (including phenoxy) is 1. The monoisotopic (exact) mass is 299 g/mol. The van der Waals surface area contributed by atoms with Gasteiger partial charge in [0, 0.05) is 19.2 Å². The Morgan fingerprint density at radius 3 is 2.91 bits per heavy atom. The first-order chi connectivity index (χ1) is 10.5. The van der Waals surface area contributed by atoms with Crippen LogP contribution in [0.3, 0.4) is 0 Å². The van der Waals surface area contributed by atoms with Gasteiger partial charge in [-0.15, -0.1) is 0 Å². The first kappa shape index (κ1) is 13.9. The van der Waals surface area contributed by atoms with Crippen molar-refractivity contribution in [2.24, 2.45) is 5.73 Å². The lowest BCUT2D eigenvalue weighted by molar-refractivity contribution is 0.176. The minimum atomic E-state index is -0.144. The van der Waals surface area contributed by atoms with Crippen molar-refractivity contribution >= 4 is 10.9 Å². The molecule has 0 amide bonds. The molecule has 0 saturated carbocycles. The highest BCUT2D eigenvalue weighted by atomic mass is 16.5. The van der Waals surface area contributed by atoms with Gasteiger partial charge in [-0.3, -0.25) is 9.36 Å². The zero-order chi connectivity index (χ0) is 15.5. The fourth-order valence-electron chi connectivity index (χ4n) is 3.88. The van der Waals surface area contributed by atoms with E-state index in [1.807, 2.05) is 30.5 Å². The summed E-state index contributed by atoms with van der Waals surface area (Å²) in [5.74, 6) is 0.897. The molecular formula is C17H21N3O2. The van der Waals surface area contributed by atoms with Crippen molar-refractivity contribution < 1.29 is 4.74 Å². The summed E-state index contributed by atoms with van der Waals surface area (Å²) in [6.07, 6.45) is 1.89. The molecule has 1 saturated heterocycles.